The van der Waals surface area contributed by atoms with Crippen molar-refractivity contribution in [3.8, 4) is 0 Å². The van der Waals surface area contributed by atoms with Crippen LogP contribution in [0.2, 0.25) is 0 Å². The lowest BCUT2D eigenvalue weighted by Crippen LogP contribution is -2.25. The molecule has 0 saturated heterocycles. The summed E-state index contributed by atoms with van der Waals surface area (Å²) in [5.41, 5.74) is 0.125. The maximum Gasteiger partial charge on any atom is 0.0645 e. The first-order chi connectivity index (χ1) is 9.55. The molecule has 0 unspecified atom stereocenters. The minimum absolute atomic E-state index is 0.125. The summed E-state index contributed by atoms with van der Waals surface area (Å²) in [6.45, 7) is 17.1. The fourth-order valence-corrected chi connectivity index (χ4v) is 1.89. The Balaban J connectivity index is -0.000000231. The second kappa shape index (κ2) is 17.0. The van der Waals surface area contributed by atoms with Crippen LogP contribution < -0.4 is 0 Å². The summed E-state index contributed by atoms with van der Waals surface area (Å²) in [7, 11) is 1.77. The van der Waals surface area contributed by atoms with E-state index in [1.807, 2.05) is 27.7 Å². The quantitative estimate of drug-likeness (QED) is 0.706. The third-order valence-corrected chi connectivity index (χ3v) is 4.16. The zero-order valence-corrected chi connectivity index (χ0v) is 15.8. The average molecular weight is 291 g/mol. The molecule has 1 aliphatic rings. The molecule has 0 aromatic carbocycles. The summed E-state index contributed by atoms with van der Waals surface area (Å²) in [6.07, 6.45) is 6.04. The first-order valence-corrected chi connectivity index (χ1v) is 8.71. The number of methoxy groups -OCH3 is 1. The molecule has 0 heterocycles. The topological polar surface area (TPSA) is 29.5 Å². The normalized spacial score (nSPS) is 20.1. The molecule has 1 rings (SSSR count). The van der Waals surface area contributed by atoms with E-state index in [0.29, 0.717) is 12.5 Å². The molecule has 1 aliphatic carbocycles. The van der Waals surface area contributed by atoms with Crippen LogP contribution >= 0.6 is 0 Å². The van der Waals surface area contributed by atoms with Crippen molar-refractivity contribution in [3.63, 3.8) is 0 Å². The SMILES string of the molecule is CC.CC.CCC(C)(CC)OC.CCC1CC(CO)C1. The molecule has 0 amide bonds. The molecule has 0 aliphatic heterocycles. The molecule has 0 aromatic heterocycles. The molecular weight excluding hydrogens is 248 g/mol. The monoisotopic (exact) mass is 290 g/mol. The zero-order valence-electron chi connectivity index (χ0n) is 15.8. The second-order valence-electron chi connectivity index (χ2n) is 5.16. The number of hydrogen-bond acceptors (Lipinski definition) is 2. The maximum atomic E-state index is 8.60. The van der Waals surface area contributed by atoms with Crippen molar-refractivity contribution in [1.29, 1.82) is 0 Å². The van der Waals surface area contributed by atoms with Gasteiger partial charge in [-0.3, -0.25) is 0 Å². The van der Waals surface area contributed by atoms with Crippen LogP contribution in [0.4, 0.5) is 0 Å². The Hall–Kier alpha value is -0.0800. The summed E-state index contributed by atoms with van der Waals surface area (Å²) in [4.78, 5) is 0. The van der Waals surface area contributed by atoms with Crippen LogP contribution in [0.3, 0.4) is 0 Å². The van der Waals surface area contributed by atoms with Crippen LogP contribution in [0, 0.1) is 11.8 Å². The van der Waals surface area contributed by atoms with E-state index < -0.39 is 0 Å². The van der Waals surface area contributed by atoms with Gasteiger partial charge in [-0.15, -0.1) is 0 Å². The Kier molecular flexibility index (Phi) is 21.1. The Bertz CT molecular complexity index is 143. The van der Waals surface area contributed by atoms with E-state index in [1.165, 1.54) is 19.3 Å². The highest BCUT2D eigenvalue weighted by Gasteiger charge is 2.26. The van der Waals surface area contributed by atoms with Crippen molar-refractivity contribution >= 4 is 0 Å². The maximum absolute atomic E-state index is 8.60. The Morgan fingerprint density at radius 1 is 0.950 bits per heavy atom. The van der Waals surface area contributed by atoms with E-state index in [9.17, 15) is 0 Å². The Morgan fingerprint density at radius 2 is 1.35 bits per heavy atom. The Morgan fingerprint density at radius 3 is 1.50 bits per heavy atom. The third kappa shape index (κ3) is 11.7. The fourth-order valence-electron chi connectivity index (χ4n) is 1.89. The van der Waals surface area contributed by atoms with Crippen molar-refractivity contribution in [2.75, 3.05) is 13.7 Å². The van der Waals surface area contributed by atoms with Crippen LogP contribution in [0.1, 0.15) is 87.5 Å². The molecule has 1 saturated carbocycles. The highest BCUT2D eigenvalue weighted by atomic mass is 16.5. The number of rotatable bonds is 5. The standard InChI is InChI=1S/C7H14O.C7H16O.2C2H6/c1-2-6-3-7(4-6)5-8;1-5-7(3,6-2)8-4;2*1-2/h6-8H,2-5H2,1H3;5-6H2,1-4H3;2*1-2H3. The molecule has 1 fully saturated rings. The molecule has 2 heteroatoms. The first-order valence-electron chi connectivity index (χ1n) is 8.71. The van der Waals surface area contributed by atoms with E-state index in [1.54, 1.807) is 7.11 Å². The number of hydrogen-bond donors (Lipinski definition) is 1. The summed E-state index contributed by atoms with van der Waals surface area (Å²) in [5.74, 6) is 1.59. The molecule has 0 radical (unpaired) electrons. The van der Waals surface area contributed by atoms with E-state index in [0.717, 1.165) is 18.8 Å². The Labute approximate surface area is 129 Å². The van der Waals surface area contributed by atoms with Gasteiger partial charge in [0.05, 0.1) is 5.60 Å². The minimum Gasteiger partial charge on any atom is -0.396 e. The van der Waals surface area contributed by atoms with Gasteiger partial charge in [0, 0.05) is 13.7 Å². The van der Waals surface area contributed by atoms with Gasteiger partial charge in [0.15, 0.2) is 0 Å². The minimum atomic E-state index is 0.125. The molecular formula is C18H42O2. The van der Waals surface area contributed by atoms with Crippen molar-refractivity contribution in [3.05, 3.63) is 0 Å². The highest BCUT2D eigenvalue weighted by molar-refractivity contribution is 4.77. The van der Waals surface area contributed by atoms with E-state index in [-0.39, 0.29) is 5.60 Å². The molecule has 0 aromatic rings. The van der Waals surface area contributed by atoms with Gasteiger partial charge >= 0.3 is 0 Å². The van der Waals surface area contributed by atoms with Gasteiger partial charge in [0.2, 0.25) is 0 Å². The lowest BCUT2D eigenvalue weighted by molar-refractivity contribution is -0.000192. The van der Waals surface area contributed by atoms with Crippen LogP contribution in [-0.4, -0.2) is 24.4 Å². The van der Waals surface area contributed by atoms with Gasteiger partial charge in [0.25, 0.3) is 0 Å². The number of ether oxygens (including phenoxy) is 1. The molecule has 20 heavy (non-hydrogen) atoms. The summed E-state index contributed by atoms with van der Waals surface area (Å²) < 4.78 is 5.24. The predicted octanol–water partition coefficient (Wildman–Crippen LogP) is 5.68. The smallest absolute Gasteiger partial charge is 0.0645 e. The van der Waals surface area contributed by atoms with Crippen LogP contribution in [0.15, 0.2) is 0 Å². The summed E-state index contributed by atoms with van der Waals surface area (Å²) in [6, 6.07) is 0. The molecule has 1 N–H and O–H groups in total. The zero-order chi connectivity index (χ0) is 16.6. The molecule has 2 nitrogen and oxygen atoms in total. The molecule has 126 valence electrons. The van der Waals surface area contributed by atoms with Gasteiger partial charge in [0.1, 0.15) is 0 Å². The van der Waals surface area contributed by atoms with E-state index >= 15 is 0 Å². The lowest BCUT2D eigenvalue weighted by atomic mass is 9.74. The van der Waals surface area contributed by atoms with Crippen LogP contribution in [0.5, 0.6) is 0 Å². The van der Waals surface area contributed by atoms with Crippen LogP contribution in [-0.2, 0) is 4.74 Å². The second-order valence-corrected chi connectivity index (χ2v) is 5.16. The van der Waals surface area contributed by atoms with Crippen LogP contribution in [0.25, 0.3) is 0 Å². The summed E-state index contributed by atoms with van der Waals surface area (Å²) >= 11 is 0. The van der Waals surface area contributed by atoms with Gasteiger partial charge in [-0.25, -0.2) is 0 Å². The van der Waals surface area contributed by atoms with Crippen molar-refractivity contribution < 1.29 is 9.84 Å². The fraction of sp³-hybridized carbons (Fsp3) is 1.00. The van der Waals surface area contributed by atoms with Crippen molar-refractivity contribution in [2.45, 2.75) is 93.1 Å². The molecule has 0 spiro atoms. The lowest BCUT2D eigenvalue weighted by Gasteiger charge is -2.32. The van der Waals surface area contributed by atoms with E-state index in [4.69, 9.17) is 9.84 Å². The molecule has 0 bridgehead atoms. The highest BCUT2D eigenvalue weighted by Crippen LogP contribution is 2.34. The van der Waals surface area contributed by atoms with Gasteiger partial charge in [-0.05, 0) is 44.4 Å². The third-order valence-electron chi connectivity index (χ3n) is 4.16. The molecule has 0 atom stereocenters. The average Bonchev–Trinajstić information content (AvgIpc) is 2.50. The first kappa shape index (κ1) is 24.9. The van der Waals surface area contributed by atoms with Crippen molar-refractivity contribution in [1.82, 2.24) is 0 Å². The van der Waals surface area contributed by atoms with Gasteiger partial charge < -0.3 is 9.84 Å². The summed E-state index contributed by atoms with van der Waals surface area (Å²) in [5, 5.41) is 8.60. The largest absolute Gasteiger partial charge is 0.396 e. The van der Waals surface area contributed by atoms with Gasteiger partial charge in [-0.2, -0.15) is 0 Å². The number of aliphatic hydroxyl groups is 1. The van der Waals surface area contributed by atoms with E-state index in [2.05, 4.69) is 27.7 Å². The van der Waals surface area contributed by atoms with Crippen molar-refractivity contribution in [2.24, 2.45) is 11.8 Å². The predicted molar refractivity (Wildman–Crippen MR) is 92.3 cm³/mol. The van der Waals surface area contributed by atoms with Gasteiger partial charge in [-0.1, -0.05) is 54.9 Å². The number of aliphatic hydroxyl groups excluding tert-OH is 1.